The molecule has 0 aliphatic heterocycles. The highest BCUT2D eigenvalue weighted by atomic mass is 32.1. The number of carbonyl (C=O) groups excluding carboxylic acids is 1. The third-order valence-electron chi connectivity index (χ3n) is 2.56. The Morgan fingerprint density at radius 3 is 2.89 bits per heavy atom. The fourth-order valence-electron chi connectivity index (χ4n) is 1.66. The van der Waals surface area contributed by atoms with E-state index in [1.165, 1.54) is 12.0 Å². The van der Waals surface area contributed by atoms with Crippen LogP contribution in [-0.2, 0) is 4.74 Å². The molecule has 0 amide bonds. The van der Waals surface area contributed by atoms with E-state index in [-0.39, 0.29) is 11.9 Å². The highest BCUT2D eigenvalue weighted by Crippen LogP contribution is 2.22. The van der Waals surface area contributed by atoms with Gasteiger partial charge >= 0.3 is 5.97 Å². The summed E-state index contributed by atoms with van der Waals surface area (Å²) in [4.78, 5) is 20.9. The molecule has 2 heterocycles. The van der Waals surface area contributed by atoms with Crippen molar-refractivity contribution in [1.82, 2.24) is 9.97 Å². The van der Waals surface area contributed by atoms with E-state index in [1.807, 2.05) is 25.3 Å². The Bertz CT molecular complexity index is 569. The number of hydrogen-bond donors (Lipinski definition) is 1. The Morgan fingerprint density at radius 1 is 1.47 bits per heavy atom. The summed E-state index contributed by atoms with van der Waals surface area (Å²) in [6.45, 7) is 3.86. The number of thiophene rings is 1. The first-order valence-electron chi connectivity index (χ1n) is 5.84. The number of hydrogen-bond acceptors (Lipinski definition) is 6. The number of ether oxygens (including phenoxy) is 1. The van der Waals surface area contributed by atoms with Crippen LogP contribution in [0.2, 0.25) is 0 Å². The molecule has 0 aliphatic carbocycles. The average molecular weight is 277 g/mol. The van der Waals surface area contributed by atoms with E-state index in [2.05, 4.69) is 26.1 Å². The smallest absolute Gasteiger partial charge is 0.376 e. The molecule has 0 aliphatic rings. The predicted molar refractivity (Wildman–Crippen MR) is 74.5 cm³/mol. The zero-order valence-corrected chi connectivity index (χ0v) is 11.8. The van der Waals surface area contributed by atoms with Gasteiger partial charge in [0.05, 0.1) is 13.2 Å². The van der Waals surface area contributed by atoms with Gasteiger partial charge in [-0.25, -0.2) is 14.8 Å². The number of rotatable bonds is 4. The molecule has 19 heavy (non-hydrogen) atoms. The molecule has 1 unspecified atom stereocenters. The van der Waals surface area contributed by atoms with Crippen molar-refractivity contribution in [2.24, 2.45) is 0 Å². The molecule has 6 heteroatoms. The molecule has 0 fully saturated rings. The van der Waals surface area contributed by atoms with Crippen molar-refractivity contribution in [1.29, 1.82) is 0 Å². The largest absolute Gasteiger partial charge is 0.463 e. The molecule has 100 valence electrons. The molecule has 1 atom stereocenters. The Labute approximate surface area is 115 Å². The van der Waals surface area contributed by atoms with E-state index in [0.29, 0.717) is 5.82 Å². The number of nitrogens with zero attached hydrogens (tertiary/aromatic N) is 2. The molecule has 0 bridgehead atoms. The second-order valence-corrected chi connectivity index (χ2v) is 5.07. The first-order chi connectivity index (χ1) is 9.10. The number of aromatic nitrogens is 2. The molecular formula is C13H15N3O2S. The van der Waals surface area contributed by atoms with Crippen LogP contribution in [0.25, 0.3) is 0 Å². The summed E-state index contributed by atoms with van der Waals surface area (Å²) < 4.78 is 4.63. The minimum Gasteiger partial charge on any atom is -0.463 e. The Hall–Kier alpha value is -1.95. The SMILES string of the molecule is COC(=O)c1nc(C)cc(NC(C)c2cccs2)n1. The van der Waals surface area contributed by atoms with Gasteiger partial charge in [0, 0.05) is 16.6 Å². The molecule has 0 radical (unpaired) electrons. The molecule has 1 N–H and O–H groups in total. The van der Waals surface area contributed by atoms with Gasteiger partial charge in [0.15, 0.2) is 0 Å². The second-order valence-electron chi connectivity index (χ2n) is 4.09. The maximum Gasteiger partial charge on any atom is 0.376 e. The van der Waals surface area contributed by atoms with Crippen LogP contribution in [0.5, 0.6) is 0 Å². The van der Waals surface area contributed by atoms with Crippen LogP contribution in [0, 0.1) is 6.92 Å². The van der Waals surface area contributed by atoms with E-state index in [9.17, 15) is 4.79 Å². The number of esters is 1. The molecule has 2 aromatic heterocycles. The lowest BCUT2D eigenvalue weighted by Gasteiger charge is -2.13. The summed E-state index contributed by atoms with van der Waals surface area (Å²) >= 11 is 1.67. The fourth-order valence-corrected chi connectivity index (χ4v) is 2.39. The van der Waals surface area contributed by atoms with Gasteiger partial charge in [-0.2, -0.15) is 0 Å². The van der Waals surface area contributed by atoms with E-state index in [4.69, 9.17) is 0 Å². The summed E-state index contributed by atoms with van der Waals surface area (Å²) in [7, 11) is 1.31. The van der Waals surface area contributed by atoms with Crippen LogP contribution in [0.3, 0.4) is 0 Å². The third kappa shape index (κ3) is 3.29. The monoisotopic (exact) mass is 277 g/mol. The van der Waals surface area contributed by atoms with Crippen molar-refractivity contribution in [2.45, 2.75) is 19.9 Å². The Morgan fingerprint density at radius 2 is 2.26 bits per heavy atom. The lowest BCUT2D eigenvalue weighted by molar-refractivity contribution is 0.0586. The quantitative estimate of drug-likeness (QED) is 0.871. The normalized spacial score (nSPS) is 11.9. The van der Waals surface area contributed by atoms with Crippen molar-refractivity contribution >= 4 is 23.1 Å². The number of aryl methyl sites for hydroxylation is 1. The van der Waals surface area contributed by atoms with Crippen molar-refractivity contribution in [3.05, 3.63) is 40.0 Å². The highest BCUT2D eigenvalue weighted by molar-refractivity contribution is 7.10. The van der Waals surface area contributed by atoms with E-state index in [1.54, 1.807) is 17.4 Å². The van der Waals surface area contributed by atoms with Crippen LogP contribution in [-0.4, -0.2) is 23.0 Å². The van der Waals surface area contributed by atoms with Crippen molar-refractivity contribution < 1.29 is 9.53 Å². The van der Waals surface area contributed by atoms with Gasteiger partial charge in [-0.1, -0.05) is 6.07 Å². The molecule has 2 rings (SSSR count). The van der Waals surface area contributed by atoms with Gasteiger partial charge in [-0.15, -0.1) is 11.3 Å². The van der Waals surface area contributed by atoms with E-state index in [0.717, 1.165) is 5.69 Å². The van der Waals surface area contributed by atoms with Gasteiger partial charge in [-0.3, -0.25) is 0 Å². The molecular weight excluding hydrogens is 262 g/mol. The van der Waals surface area contributed by atoms with Gasteiger partial charge in [0.2, 0.25) is 5.82 Å². The average Bonchev–Trinajstić information content (AvgIpc) is 2.91. The van der Waals surface area contributed by atoms with Crippen LogP contribution < -0.4 is 5.32 Å². The maximum atomic E-state index is 11.5. The molecule has 0 spiro atoms. The van der Waals surface area contributed by atoms with Crippen LogP contribution in [0.4, 0.5) is 5.82 Å². The van der Waals surface area contributed by atoms with E-state index < -0.39 is 5.97 Å². The lowest BCUT2D eigenvalue weighted by atomic mass is 10.2. The third-order valence-corrected chi connectivity index (χ3v) is 3.61. The minimum atomic E-state index is -0.532. The number of methoxy groups -OCH3 is 1. The highest BCUT2D eigenvalue weighted by Gasteiger charge is 2.13. The second kappa shape index (κ2) is 5.79. The van der Waals surface area contributed by atoms with Gasteiger partial charge in [0.1, 0.15) is 5.82 Å². The summed E-state index contributed by atoms with van der Waals surface area (Å²) in [5, 5.41) is 5.28. The predicted octanol–water partition coefficient (Wildman–Crippen LogP) is 2.81. The lowest BCUT2D eigenvalue weighted by Crippen LogP contribution is -2.12. The minimum absolute atomic E-state index is 0.0726. The molecule has 0 aromatic carbocycles. The number of anilines is 1. The Balaban J connectivity index is 2.20. The van der Waals surface area contributed by atoms with Gasteiger partial charge < -0.3 is 10.1 Å². The molecule has 0 saturated heterocycles. The summed E-state index contributed by atoms with van der Waals surface area (Å²) in [6, 6.07) is 5.98. The Kier molecular flexibility index (Phi) is 4.11. The standard InChI is InChI=1S/C13H15N3O2S/c1-8-7-11(16-12(14-8)13(17)18-3)15-9(2)10-5-4-6-19-10/h4-7,9H,1-3H3,(H,14,15,16). The zero-order chi connectivity index (χ0) is 13.8. The van der Waals surface area contributed by atoms with Crippen molar-refractivity contribution in [3.63, 3.8) is 0 Å². The summed E-state index contributed by atoms with van der Waals surface area (Å²) in [6.07, 6.45) is 0. The van der Waals surface area contributed by atoms with E-state index >= 15 is 0 Å². The van der Waals surface area contributed by atoms with Crippen LogP contribution in [0.15, 0.2) is 23.6 Å². The van der Waals surface area contributed by atoms with Gasteiger partial charge in [-0.05, 0) is 25.3 Å². The fraction of sp³-hybridized carbons (Fsp3) is 0.308. The molecule has 2 aromatic rings. The zero-order valence-electron chi connectivity index (χ0n) is 11.0. The molecule has 0 saturated carbocycles. The van der Waals surface area contributed by atoms with Crippen molar-refractivity contribution in [3.8, 4) is 0 Å². The van der Waals surface area contributed by atoms with Crippen LogP contribution >= 0.6 is 11.3 Å². The topological polar surface area (TPSA) is 64.1 Å². The summed E-state index contributed by atoms with van der Waals surface area (Å²) in [5.41, 5.74) is 0.719. The van der Waals surface area contributed by atoms with Crippen LogP contribution in [0.1, 0.15) is 34.2 Å². The molecule has 5 nitrogen and oxygen atoms in total. The van der Waals surface area contributed by atoms with Gasteiger partial charge in [0.25, 0.3) is 0 Å². The first-order valence-corrected chi connectivity index (χ1v) is 6.72. The number of nitrogens with one attached hydrogen (secondary N) is 1. The first kappa shape index (κ1) is 13.5. The summed E-state index contributed by atoms with van der Waals surface area (Å²) in [5.74, 6) is 0.160. The number of carbonyl (C=O) groups is 1. The van der Waals surface area contributed by atoms with Crippen molar-refractivity contribution in [2.75, 3.05) is 12.4 Å². The maximum absolute atomic E-state index is 11.5.